The maximum atomic E-state index is 14.6. The first-order chi connectivity index (χ1) is 9.76. The maximum absolute atomic E-state index is 14.6. The zero-order valence-electron chi connectivity index (χ0n) is 12.3. The molecule has 0 bridgehead atoms. The van der Waals surface area contributed by atoms with E-state index >= 15 is 0 Å². The van der Waals surface area contributed by atoms with Crippen LogP contribution in [0.2, 0.25) is 0 Å². The molecule has 1 aliphatic heterocycles. The van der Waals surface area contributed by atoms with Crippen LogP contribution in [0.15, 0.2) is 18.2 Å². The van der Waals surface area contributed by atoms with E-state index in [1.54, 1.807) is 6.07 Å². The molecule has 4 heteroatoms. The van der Waals surface area contributed by atoms with Crippen LogP contribution in [0.5, 0.6) is 11.5 Å². The molecule has 0 aliphatic carbocycles. The van der Waals surface area contributed by atoms with E-state index in [4.69, 9.17) is 9.47 Å². The summed E-state index contributed by atoms with van der Waals surface area (Å²) in [5.41, 5.74) is 0.698. The van der Waals surface area contributed by atoms with Crippen LogP contribution in [0.25, 0.3) is 0 Å². The fourth-order valence-corrected chi connectivity index (χ4v) is 2.65. The van der Waals surface area contributed by atoms with Gasteiger partial charge in [-0.15, -0.1) is 0 Å². The normalized spacial score (nSPS) is 17.8. The topological polar surface area (TPSA) is 30.5 Å². The largest absolute Gasteiger partial charge is 0.490 e. The molecule has 3 nitrogen and oxygen atoms in total. The van der Waals surface area contributed by atoms with E-state index in [-0.39, 0.29) is 5.92 Å². The SMILES string of the molecule is CCOc1ccc(C(F)C2CCNCC2)cc1OCC. The second-order valence-electron chi connectivity index (χ2n) is 5.06. The van der Waals surface area contributed by atoms with Gasteiger partial charge in [0.2, 0.25) is 0 Å². The minimum absolute atomic E-state index is 0.101. The summed E-state index contributed by atoms with van der Waals surface area (Å²) in [5.74, 6) is 1.43. The Hall–Kier alpha value is -1.29. The van der Waals surface area contributed by atoms with E-state index < -0.39 is 6.17 Å². The van der Waals surface area contributed by atoms with Gasteiger partial charge in [-0.2, -0.15) is 0 Å². The molecule has 0 aromatic heterocycles. The first kappa shape index (κ1) is 15.1. The molecule has 112 valence electrons. The van der Waals surface area contributed by atoms with Gasteiger partial charge in [-0.05, 0) is 63.4 Å². The Morgan fingerprint density at radius 2 is 1.80 bits per heavy atom. The monoisotopic (exact) mass is 281 g/mol. The fraction of sp³-hybridized carbons (Fsp3) is 0.625. The predicted molar refractivity (Wildman–Crippen MR) is 78.2 cm³/mol. The number of alkyl halides is 1. The fourth-order valence-electron chi connectivity index (χ4n) is 2.65. The average Bonchev–Trinajstić information content (AvgIpc) is 2.50. The van der Waals surface area contributed by atoms with Crippen molar-refractivity contribution in [2.24, 2.45) is 5.92 Å². The molecule has 1 atom stereocenters. The lowest BCUT2D eigenvalue weighted by atomic mass is 9.89. The van der Waals surface area contributed by atoms with Crippen LogP contribution in [0.1, 0.15) is 38.4 Å². The Bertz CT molecular complexity index is 419. The highest BCUT2D eigenvalue weighted by atomic mass is 19.1. The maximum Gasteiger partial charge on any atom is 0.161 e. The van der Waals surface area contributed by atoms with E-state index in [2.05, 4.69) is 5.32 Å². The van der Waals surface area contributed by atoms with Crippen LogP contribution in [-0.4, -0.2) is 26.3 Å². The molecular formula is C16H24FNO2. The van der Waals surface area contributed by atoms with Crippen LogP contribution in [0.4, 0.5) is 4.39 Å². The van der Waals surface area contributed by atoms with Crippen molar-refractivity contribution in [1.82, 2.24) is 5.32 Å². The molecule has 1 aromatic rings. The summed E-state index contributed by atoms with van der Waals surface area (Å²) < 4.78 is 25.7. The van der Waals surface area contributed by atoms with Gasteiger partial charge < -0.3 is 14.8 Å². The van der Waals surface area contributed by atoms with Crippen LogP contribution in [-0.2, 0) is 0 Å². The Morgan fingerprint density at radius 1 is 1.15 bits per heavy atom. The van der Waals surface area contributed by atoms with E-state index in [9.17, 15) is 4.39 Å². The minimum atomic E-state index is -0.924. The van der Waals surface area contributed by atoms with Crippen LogP contribution < -0.4 is 14.8 Å². The highest BCUT2D eigenvalue weighted by Crippen LogP contribution is 2.37. The van der Waals surface area contributed by atoms with Gasteiger partial charge in [-0.3, -0.25) is 0 Å². The third-order valence-electron chi connectivity index (χ3n) is 3.68. The van der Waals surface area contributed by atoms with Crippen molar-refractivity contribution >= 4 is 0 Å². The van der Waals surface area contributed by atoms with Crippen molar-refractivity contribution in [3.63, 3.8) is 0 Å². The third-order valence-corrected chi connectivity index (χ3v) is 3.68. The van der Waals surface area contributed by atoms with E-state index in [0.717, 1.165) is 25.9 Å². The predicted octanol–water partition coefficient (Wildman–Crippen LogP) is 3.49. The first-order valence-corrected chi connectivity index (χ1v) is 7.50. The van der Waals surface area contributed by atoms with Gasteiger partial charge in [0, 0.05) is 0 Å². The molecular weight excluding hydrogens is 257 g/mol. The van der Waals surface area contributed by atoms with E-state index in [1.807, 2.05) is 26.0 Å². The Labute approximate surface area is 120 Å². The highest BCUT2D eigenvalue weighted by molar-refractivity contribution is 5.43. The molecule has 0 amide bonds. The van der Waals surface area contributed by atoms with Gasteiger partial charge in [0.05, 0.1) is 13.2 Å². The molecule has 1 aliphatic rings. The lowest BCUT2D eigenvalue weighted by molar-refractivity contribution is 0.189. The number of piperidine rings is 1. The molecule has 1 N–H and O–H groups in total. The summed E-state index contributed by atoms with van der Waals surface area (Å²) in [7, 11) is 0. The molecule has 0 spiro atoms. The Morgan fingerprint density at radius 3 is 2.45 bits per heavy atom. The van der Waals surface area contributed by atoms with Crippen molar-refractivity contribution in [2.75, 3.05) is 26.3 Å². The minimum Gasteiger partial charge on any atom is -0.490 e. The van der Waals surface area contributed by atoms with Crippen molar-refractivity contribution in [3.8, 4) is 11.5 Å². The van der Waals surface area contributed by atoms with Gasteiger partial charge >= 0.3 is 0 Å². The molecule has 1 saturated heterocycles. The first-order valence-electron chi connectivity index (χ1n) is 7.50. The number of nitrogens with one attached hydrogen (secondary N) is 1. The lowest BCUT2D eigenvalue weighted by Crippen LogP contribution is -2.29. The number of benzene rings is 1. The second kappa shape index (κ2) is 7.48. The smallest absolute Gasteiger partial charge is 0.161 e. The molecule has 1 heterocycles. The molecule has 1 aromatic carbocycles. The van der Waals surface area contributed by atoms with E-state index in [0.29, 0.717) is 30.3 Å². The summed E-state index contributed by atoms with van der Waals surface area (Å²) in [6.45, 7) is 6.78. The molecule has 20 heavy (non-hydrogen) atoms. The van der Waals surface area contributed by atoms with Gasteiger partial charge in [0.15, 0.2) is 11.5 Å². The Kier molecular flexibility index (Phi) is 5.65. The second-order valence-corrected chi connectivity index (χ2v) is 5.06. The summed E-state index contributed by atoms with van der Waals surface area (Å²) >= 11 is 0. The van der Waals surface area contributed by atoms with E-state index in [1.165, 1.54) is 0 Å². The zero-order chi connectivity index (χ0) is 14.4. The van der Waals surface area contributed by atoms with Gasteiger partial charge in [0.25, 0.3) is 0 Å². The molecule has 1 fully saturated rings. The number of ether oxygens (including phenoxy) is 2. The molecule has 0 radical (unpaired) electrons. The van der Waals surface area contributed by atoms with Gasteiger partial charge in [-0.1, -0.05) is 6.07 Å². The lowest BCUT2D eigenvalue weighted by Gasteiger charge is -2.26. The van der Waals surface area contributed by atoms with Gasteiger partial charge in [0.1, 0.15) is 6.17 Å². The van der Waals surface area contributed by atoms with Crippen molar-refractivity contribution in [2.45, 2.75) is 32.9 Å². The standard InChI is InChI=1S/C16H24FNO2/c1-3-19-14-6-5-13(11-15(14)20-4-2)16(17)12-7-9-18-10-8-12/h5-6,11-12,16,18H,3-4,7-10H2,1-2H3. The molecule has 2 rings (SSSR count). The molecule has 0 saturated carbocycles. The average molecular weight is 281 g/mol. The van der Waals surface area contributed by atoms with Crippen LogP contribution >= 0.6 is 0 Å². The van der Waals surface area contributed by atoms with Gasteiger partial charge in [-0.25, -0.2) is 4.39 Å². The third kappa shape index (κ3) is 3.63. The summed E-state index contributed by atoms with van der Waals surface area (Å²) in [6.07, 6.45) is 0.850. The zero-order valence-corrected chi connectivity index (χ0v) is 12.3. The Balaban J connectivity index is 2.16. The summed E-state index contributed by atoms with van der Waals surface area (Å²) in [4.78, 5) is 0. The number of hydrogen-bond acceptors (Lipinski definition) is 3. The summed E-state index contributed by atoms with van der Waals surface area (Å²) in [5, 5.41) is 3.27. The van der Waals surface area contributed by atoms with Crippen molar-refractivity contribution < 1.29 is 13.9 Å². The highest BCUT2D eigenvalue weighted by Gasteiger charge is 2.25. The number of halogens is 1. The summed E-state index contributed by atoms with van der Waals surface area (Å²) in [6, 6.07) is 5.43. The van der Waals surface area contributed by atoms with Crippen molar-refractivity contribution in [3.05, 3.63) is 23.8 Å². The van der Waals surface area contributed by atoms with Crippen LogP contribution in [0.3, 0.4) is 0 Å². The van der Waals surface area contributed by atoms with Crippen molar-refractivity contribution in [1.29, 1.82) is 0 Å². The van der Waals surface area contributed by atoms with Crippen LogP contribution in [0, 0.1) is 5.92 Å². The quantitative estimate of drug-likeness (QED) is 0.865. The molecule has 1 unspecified atom stereocenters. The number of hydrogen-bond donors (Lipinski definition) is 1. The number of rotatable bonds is 6.